The van der Waals surface area contributed by atoms with Gasteiger partial charge in [0.05, 0.1) is 0 Å². The van der Waals surface area contributed by atoms with Gasteiger partial charge in [-0.3, -0.25) is 0 Å². The molecular weight excluding hydrogens is 234 g/mol. The first-order chi connectivity index (χ1) is 6.06. The predicted octanol–water partition coefficient (Wildman–Crippen LogP) is 2.92. The number of carboxylic acid groups (broad SMARTS) is 1. The SMILES string of the molecule is CCC(C)n1cc(Br)cc1C(=O)O. The number of carboxylic acids is 1. The van der Waals surface area contributed by atoms with Crippen molar-refractivity contribution < 1.29 is 9.90 Å². The fraction of sp³-hybridized carbons (Fsp3) is 0.444. The highest BCUT2D eigenvalue weighted by atomic mass is 79.9. The minimum absolute atomic E-state index is 0.220. The molecule has 3 nitrogen and oxygen atoms in total. The molecule has 1 aromatic rings. The molecule has 1 atom stereocenters. The third-order valence-electron chi connectivity index (χ3n) is 2.10. The van der Waals surface area contributed by atoms with Crippen molar-refractivity contribution in [1.82, 2.24) is 4.57 Å². The zero-order valence-corrected chi connectivity index (χ0v) is 9.21. The van der Waals surface area contributed by atoms with Crippen LogP contribution in [0, 0.1) is 0 Å². The van der Waals surface area contributed by atoms with E-state index in [1.54, 1.807) is 16.8 Å². The molecule has 1 unspecified atom stereocenters. The molecule has 0 aliphatic heterocycles. The van der Waals surface area contributed by atoms with Crippen LogP contribution >= 0.6 is 15.9 Å². The number of hydrogen-bond donors (Lipinski definition) is 1. The molecule has 1 aromatic heterocycles. The molecule has 1 N–H and O–H groups in total. The Morgan fingerprint density at radius 1 is 1.77 bits per heavy atom. The Morgan fingerprint density at radius 3 is 2.85 bits per heavy atom. The largest absolute Gasteiger partial charge is 0.477 e. The Kier molecular flexibility index (Phi) is 3.14. The van der Waals surface area contributed by atoms with Gasteiger partial charge in [0.25, 0.3) is 0 Å². The lowest BCUT2D eigenvalue weighted by Gasteiger charge is -2.12. The van der Waals surface area contributed by atoms with Crippen LogP contribution in [0.5, 0.6) is 0 Å². The molecule has 0 spiro atoms. The van der Waals surface area contributed by atoms with E-state index in [1.165, 1.54) is 0 Å². The highest BCUT2D eigenvalue weighted by molar-refractivity contribution is 9.10. The molecule has 0 amide bonds. The maximum Gasteiger partial charge on any atom is 0.352 e. The van der Waals surface area contributed by atoms with Crippen LogP contribution in [0.3, 0.4) is 0 Å². The van der Waals surface area contributed by atoms with Gasteiger partial charge in [-0.1, -0.05) is 6.92 Å². The number of carbonyl (C=O) groups is 1. The lowest BCUT2D eigenvalue weighted by Crippen LogP contribution is -2.10. The number of rotatable bonds is 3. The third kappa shape index (κ3) is 2.12. The van der Waals surface area contributed by atoms with Crippen molar-refractivity contribution in [3.63, 3.8) is 0 Å². The molecule has 0 radical (unpaired) electrons. The predicted molar refractivity (Wildman–Crippen MR) is 54.1 cm³/mol. The van der Waals surface area contributed by atoms with Crippen LogP contribution in [-0.2, 0) is 0 Å². The zero-order chi connectivity index (χ0) is 10.0. The lowest BCUT2D eigenvalue weighted by molar-refractivity contribution is 0.0683. The first-order valence-corrected chi connectivity index (χ1v) is 4.96. The van der Waals surface area contributed by atoms with Gasteiger partial charge < -0.3 is 9.67 Å². The second kappa shape index (κ2) is 3.96. The maximum atomic E-state index is 10.8. The second-order valence-corrected chi connectivity index (χ2v) is 3.93. The third-order valence-corrected chi connectivity index (χ3v) is 2.53. The number of hydrogen-bond acceptors (Lipinski definition) is 1. The van der Waals surface area contributed by atoms with Gasteiger partial charge in [0.15, 0.2) is 0 Å². The quantitative estimate of drug-likeness (QED) is 0.890. The Balaban J connectivity index is 3.11. The Labute approximate surface area is 85.5 Å². The number of aromatic nitrogens is 1. The molecule has 0 saturated carbocycles. The molecule has 0 bridgehead atoms. The van der Waals surface area contributed by atoms with E-state index in [-0.39, 0.29) is 6.04 Å². The van der Waals surface area contributed by atoms with Crippen LogP contribution in [0.2, 0.25) is 0 Å². The first-order valence-electron chi connectivity index (χ1n) is 4.17. The van der Waals surface area contributed by atoms with E-state index in [0.29, 0.717) is 5.69 Å². The van der Waals surface area contributed by atoms with Crippen LogP contribution in [0.1, 0.15) is 36.8 Å². The standard InChI is InChI=1S/C9H12BrNO2/c1-3-6(2)11-5-7(10)4-8(11)9(12)13/h4-6H,3H2,1-2H3,(H,12,13). The summed E-state index contributed by atoms with van der Waals surface area (Å²) in [4.78, 5) is 10.8. The summed E-state index contributed by atoms with van der Waals surface area (Å²) in [5, 5.41) is 8.88. The molecule has 0 aliphatic carbocycles. The van der Waals surface area contributed by atoms with Crippen molar-refractivity contribution in [1.29, 1.82) is 0 Å². The molecule has 4 heteroatoms. The Morgan fingerprint density at radius 2 is 2.38 bits per heavy atom. The maximum absolute atomic E-state index is 10.8. The Hall–Kier alpha value is -0.770. The van der Waals surface area contributed by atoms with Crippen LogP contribution in [0.25, 0.3) is 0 Å². The van der Waals surface area contributed by atoms with E-state index in [9.17, 15) is 4.79 Å². The molecule has 1 heterocycles. The van der Waals surface area contributed by atoms with E-state index in [4.69, 9.17) is 5.11 Å². The summed E-state index contributed by atoms with van der Waals surface area (Å²) in [6.07, 6.45) is 2.72. The molecule has 1 rings (SSSR count). The summed E-state index contributed by atoms with van der Waals surface area (Å²) in [7, 11) is 0. The van der Waals surface area contributed by atoms with Crippen LogP contribution in [0.15, 0.2) is 16.7 Å². The van der Waals surface area contributed by atoms with E-state index in [1.807, 2.05) is 13.8 Å². The van der Waals surface area contributed by atoms with E-state index in [2.05, 4.69) is 15.9 Å². The first kappa shape index (κ1) is 10.3. The summed E-state index contributed by atoms with van der Waals surface area (Å²) in [6, 6.07) is 1.84. The average Bonchev–Trinajstić information content (AvgIpc) is 2.46. The summed E-state index contributed by atoms with van der Waals surface area (Å²) < 4.78 is 2.58. The fourth-order valence-corrected chi connectivity index (χ4v) is 1.62. The van der Waals surface area contributed by atoms with Crippen molar-refractivity contribution in [3.8, 4) is 0 Å². The number of halogens is 1. The van der Waals surface area contributed by atoms with E-state index >= 15 is 0 Å². The number of aromatic carboxylic acids is 1. The van der Waals surface area contributed by atoms with Gasteiger partial charge in [-0.2, -0.15) is 0 Å². The number of nitrogens with zero attached hydrogens (tertiary/aromatic N) is 1. The Bertz CT molecular complexity index is 319. The molecule has 0 saturated heterocycles. The minimum atomic E-state index is -0.883. The van der Waals surface area contributed by atoms with Gasteiger partial charge in [0.2, 0.25) is 0 Å². The monoisotopic (exact) mass is 245 g/mol. The van der Waals surface area contributed by atoms with E-state index in [0.717, 1.165) is 10.9 Å². The molecule has 0 fully saturated rings. The van der Waals surface area contributed by atoms with Crippen molar-refractivity contribution in [2.75, 3.05) is 0 Å². The van der Waals surface area contributed by atoms with Gasteiger partial charge in [-0.05, 0) is 35.3 Å². The topological polar surface area (TPSA) is 42.2 Å². The van der Waals surface area contributed by atoms with Crippen LogP contribution < -0.4 is 0 Å². The smallest absolute Gasteiger partial charge is 0.352 e. The van der Waals surface area contributed by atoms with Crippen LogP contribution in [-0.4, -0.2) is 15.6 Å². The molecule has 13 heavy (non-hydrogen) atoms. The van der Waals surface area contributed by atoms with Crippen molar-refractivity contribution in [2.45, 2.75) is 26.3 Å². The molecule has 0 aromatic carbocycles. The summed E-state index contributed by atoms with van der Waals surface area (Å²) in [6.45, 7) is 4.03. The normalized spacial score (nSPS) is 12.8. The van der Waals surface area contributed by atoms with Crippen molar-refractivity contribution >= 4 is 21.9 Å². The average molecular weight is 246 g/mol. The molecular formula is C9H12BrNO2. The van der Waals surface area contributed by atoms with Gasteiger partial charge in [-0.15, -0.1) is 0 Å². The molecule has 0 aliphatic rings. The highest BCUT2D eigenvalue weighted by Crippen LogP contribution is 2.21. The van der Waals surface area contributed by atoms with Gasteiger partial charge in [0, 0.05) is 16.7 Å². The summed E-state index contributed by atoms with van der Waals surface area (Å²) in [5.74, 6) is -0.883. The van der Waals surface area contributed by atoms with Crippen molar-refractivity contribution in [2.24, 2.45) is 0 Å². The highest BCUT2D eigenvalue weighted by Gasteiger charge is 2.14. The van der Waals surface area contributed by atoms with Crippen LogP contribution in [0.4, 0.5) is 0 Å². The molecule has 72 valence electrons. The minimum Gasteiger partial charge on any atom is -0.477 e. The van der Waals surface area contributed by atoms with Gasteiger partial charge in [-0.25, -0.2) is 4.79 Å². The summed E-state index contributed by atoms with van der Waals surface area (Å²) in [5.41, 5.74) is 0.334. The van der Waals surface area contributed by atoms with Crippen molar-refractivity contribution in [3.05, 3.63) is 22.4 Å². The zero-order valence-electron chi connectivity index (χ0n) is 7.62. The van der Waals surface area contributed by atoms with E-state index < -0.39 is 5.97 Å². The van der Waals surface area contributed by atoms with Gasteiger partial charge in [0.1, 0.15) is 5.69 Å². The van der Waals surface area contributed by atoms with Gasteiger partial charge >= 0.3 is 5.97 Å². The lowest BCUT2D eigenvalue weighted by atomic mass is 10.2. The second-order valence-electron chi connectivity index (χ2n) is 3.01. The summed E-state index contributed by atoms with van der Waals surface area (Å²) >= 11 is 3.26. The fourth-order valence-electron chi connectivity index (χ4n) is 1.18.